The van der Waals surface area contributed by atoms with Crippen molar-refractivity contribution in [1.29, 1.82) is 0 Å². The van der Waals surface area contributed by atoms with Crippen LogP contribution in [0.1, 0.15) is 24.5 Å². The molecule has 0 bridgehead atoms. The lowest BCUT2D eigenvalue weighted by molar-refractivity contribution is 0.354. The first-order valence-corrected chi connectivity index (χ1v) is 10.2. The van der Waals surface area contributed by atoms with Crippen molar-refractivity contribution in [3.8, 4) is 0 Å². The third-order valence-electron chi connectivity index (χ3n) is 3.84. The van der Waals surface area contributed by atoms with Gasteiger partial charge in [-0.15, -0.1) is 0 Å². The molecule has 1 heterocycles. The second kappa shape index (κ2) is 5.70. The molecular formula is C14H21NO4S2. The molecule has 0 spiro atoms. The van der Waals surface area contributed by atoms with E-state index in [0.29, 0.717) is 12.0 Å². The Morgan fingerprint density at radius 3 is 2.43 bits per heavy atom. The van der Waals surface area contributed by atoms with E-state index in [1.165, 1.54) is 4.31 Å². The number of rotatable bonds is 4. The summed E-state index contributed by atoms with van der Waals surface area (Å²) in [6.07, 6.45) is 0.375. The van der Waals surface area contributed by atoms with Crippen LogP contribution in [0.4, 0.5) is 0 Å². The Morgan fingerprint density at radius 1 is 1.29 bits per heavy atom. The molecule has 1 aromatic rings. The quantitative estimate of drug-likeness (QED) is 0.838. The van der Waals surface area contributed by atoms with E-state index in [-0.39, 0.29) is 22.9 Å². The fraction of sp³-hybridized carbons (Fsp3) is 0.571. The predicted octanol–water partition coefficient (Wildman–Crippen LogP) is 1.50. The van der Waals surface area contributed by atoms with Gasteiger partial charge in [0.15, 0.2) is 9.84 Å². The van der Waals surface area contributed by atoms with E-state index < -0.39 is 25.9 Å². The largest absolute Gasteiger partial charge is 0.243 e. The summed E-state index contributed by atoms with van der Waals surface area (Å²) in [6, 6.07) is 4.74. The minimum atomic E-state index is -3.66. The Kier molecular flexibility index (Phi) is 4.46. The SMILES string of the molecule is CCN([C@@H]1CCS(=O)(=O)C1)S(=O)(=O)c1ccc(C)cc1C. The predicted molar refractivity (Wildman–Crippen MR) is 82.5 cm³/mol. The molecule has 0 aliphatic carbocycles. The lowest BCUT2D eigenvalue weighted by Gasteiger charge is -2.26. The van der Waals surface area contributed by atoms with Crippen LogP contribution in [0, 0.1) is 13.8 Å². The van der Waals surface area contributed by atoms with E-state index in [0.717, 1.165) is 5.56 Å². The van der Waals surface area contributed by atoms with Crippen molar-refractivity contribution >= 4 is 19.9 Å². The third kappa shape index (κ3) is 3.30. The van der Waals surface area contributed by atoms with Gasteiger partial charge in [0.25, 0.3) is 0 Å². The van der Waals surface area contributed by atoms with E-state index in [9.17, 15) is 16.8 Å². The van der Waals surface area contributed by atoms with Crippen molar-refractivity contribution in [2.75, 3.05) is 18.1 Å². The number of nitrogens with zero attached hydrogens (tertiary/aromatic N) is 1. The second-order valence-electron chi connectivity index (χ2n) is 5.53. The summed E-state index contributed by atoms with van der Waals surface area (Å²) in [5, 5.41) is 0. The molecular weight excluding hydrogens is 310 g/mol. The van der Waals surface area contributed by atoms with Crippen molar-refractivity contribution in [2.45, 2.75) is 38.1 Å². The Bertz CT molecular complexity index is 738. The van der Waals surface area contributed by atoms with E-state index in [4.69, 9.17) is 0 Å². The molecule has 1 saturated heterocycles. The third-order valence-corrected chi connectivity index (χ3v) is 7.78. The van der Waals surface area contributed by atoms with Crippen LogP contribution >= 0.6 is 0 Å². The van der Waals surface area contributed by atoms with Crippen molar-refractivity contribution in [3.63, 3.8) is 0 Å². The average Bonchev–Trinajstić information content (AvgIpc) is 2.69. The van der Waals surface area contributed by atoms with Crippen LogP contribution in [0.3, 0.4) is 0 Å². The summed E-state index contributed by atoms with van der Waals surface area (Å²) >= 11 is 0. The number of hydrogen-bond acceptors (Lipinski definition) is 4. The Labute approximate surface area is 126 Å². The summed E-state index contributed by atoms with van der Waals surface area (Å²) in [6.45, 7) is 5.69. The summed E-state index contributed by atoms with van der Waals surface area (Å²) in [5.74, 6) is -0.0124. The Balaban J connectivity index is 2.41. The highest BCUT2D eigenvalue weighted by Gasteiger charge is 2.38. The molecule has 1 aromatic carbocycles. The average molecular weight is 331 g/mol. The highest BCUT2D eigenvalue weighted by molar-refractivity contribution is 7.92. The van der Waals surface area contributed by atoms with Gasteiger partial charge in [-0.05, 0) is 31.9 Å². The first-order valence-electron chi connectivity index (χ1n) is 6.97. The van der Waals surface area contributed by atoms with Gasteiger partial charge in [0.05, 0.1) is 16.4 Å². The number of hydrogen-bond donors (Lipinski definition) is 0. The number of benzene rings is 1. The summed E-state index contributed by atoms with van der Waals surface area (Å²) in [7, 11) is -6.78. The maximum atomic E-state index is 12.8. The zero-order chi connectivity index (χ0) is 15.8. The summed E-state index contributed by atoms with van der Waals surface area (Å²) in [4.78, 5) is 0.263. The maximum absolute atomic E-state index is 12.8. The maximum Gasteiger partial charge on any atom is 0.243 e. The molecule has 1 atom stereocenters. The van der Waals surface area contributed by atoms with Gasteiger partial charge in [0.2, 0.25) is 10.0 Å². The number of aryl methyl sites for hydroxylation is 2. The smallest absolute Gasteiger partial charge is 0.229 e. The zero-order valence-electron chi connectivity index (χ0n) is 12.5. The van der Waals surface area contributed by atoms with Crippen LogP contribution in [-0.2, 0) is 19.9 Å². The van der Waals surface area contributed by atoms with Gasteiger partial charge in [-0.2, -0.15) is 4.31 Å². The summed E-state index contributed by atoms with van der Waals surface area (Å²) in [5.41, 5.74) is 1.69. The lowest BCUT2D eigenvalue weighted by Crippen LogP contribution is -2.41. The molecule has 0 unspecified atom stereocenters. The standard InChI is InChI=1S/C14H21NO4S2/c1-4-15(13-7-8-20(16,17)10-13)21(18,19)14-6-5-11(2)9-12(14)3/h5-6,9,13H,4,7-8,10H2,1-3H3/t13-/m1/s1. The highest BCUT2D eigenvalue weighted by Crippen LogP contribution is 2.26. The normalized spacial score (nSPS) is 21.8. The molecule has 0 aromatic heterocycles. The van der Waals surface area contributed by atoms with Gasteiger partial charge >= 0.3 is 0 Å². The first kappa shape index (κ1) is 16.5. The molecule has 0 amide bonds. The van der Waals surface area contributed by atoms with E-state index in [1.54, 1.807) is 26.0 Å². The molecule has 1 fully saturated rings. The lowest BCUT2D eigenvalue weighted by atomic mass is 10.2. The minimum absolute atomic E-state index is 0.0660. The van der Waals surface area contributed by atoms with Crippen LogP contribution in [0.2, 0.25) is 0 Å². The Hall–Kier alpha value is -0.920. The van der Waals surface area contributed by atoms with Gasteiger partial charge in [-0.25, -0.2) is 16.8 Å². The summed E-state index contributed by atoms with van der Waals surface area (Å²) < 4.78 is 50.2. The van der Waals surface area contributed by atoms with Crippen LogP contribution in [0.25, 0.3) is 0 Å². The molecule has 1 aliphatic rings. The topological polar surface area (TPSA) is 71.5 Å². The molecule has 2 rings (SSSR count). The van der Waals surface area contributed by atoms with Crippen molar-refractivity contribution in [1.82, 2.24) is 4.31 Å². The van der Waals surface area contributed by atoms with E-state index in [1.807, 2.05) is 13.0 Å². The fourth-order valence-corrected chi connectivity index (χ4v) is 6.54. The monoisotopic (exact) mass is 331 g/mol. The molecule has 0 radical (unpaired) electrons. The van der Waals surface area contributed by atoms with Crippen LogP contribution < -0.4 is 0 Å². The van der Waals surface area contributed by atoms with E-state index >= 15 is 0 Å². The second-order valence-corrected chi connectivity index (χ2v) is 9.62. The molecule has 7 heteroatoms. The molecule has 118 valence electrons. The molecule has 0 N–H and O–H groups in total. The van der Waals surface area contributed by atoms with Gasteiger partial charge < -0.3 is 0 Å². The highest BCUT2D eigenvalue weighted by atomic mass is 32.2. The van der Waals surface area contributed by atoms with E-state index in [2.05, 4.69) is 0 Å². The molecule has 21 heavy (non-hydrogen) atoms. The van der Waals surface area contributed by atoms with Crippen molar-refractivity contribution < 1.29 is 16.8 Å². The van der Waals surface area contributed by atoms with Gasteiger partial charge in [0.1, 0.15) is 0 Å². The van der Waals surface area contributed by atoms with Gasteiger partial charge in [-0.3, -0.25) is 0 Å². The van der Waals surface area contributed by atoms with Crippen molar-refractivity contribution in [3.05, 3.63) is 29.3 Å². The van der Waals surface area contributed by atoms with Gasteiger partial charge in [0, 0.05) is 12.6 Å². The van der Waals surface area contributed by atoms with Crippen LogP contribution in [0.5, 0.6) is 0 Å². The molecule has 0 saturated carbocycles. The molecule has 5 nitrogen and oxygen atoms in total. The van der Waals surface area contributed by atoms with Crippen LogP contribution in [-0.4, -0.2) is 45.2 Å². The fourth-order valence-electron chi connectivity index (χ4n) is 2.84. The minimum Gasteiger partial charge on any atom is -0.229 e. The first-order chi connectivity index (χ1) is 9.67. The number of sulfonamides is 1. The number of sulfone groups is 1. The van der Waals surface area contributed by atoms with Gasteiger partial charge in [-0.1, -0.05) is 24.6 Å². The zero-order valence-corrected chi connectivity index (χ0v) is 14.2. The Morgan fingerprint density at radius 2 is 1.95 bits per heavy atom. The van der Waals surface area contributed by atoms with Crippen molar-refractivity contribution in [2.24, 2.45) is 0 Å². The van der Waals surface area contributed by atoms with Crippen LogP contribution in [0.15, 0.2) is 23.1 Å². The molecule has 1 aliphatic heterocycles.